The summed E-state index contributed by atoms with van der Waals surface area (Å²) in [5.74, 6) is 2.51. The standard InChI is InChI=1S/C21H26F2N6O2.HI/c1-3-19-27-26-15-29(19)11-10-24-21(25-13-18-5-4-12-30-18)28(2)14-16-6-8-17(9-7-16)31-20(22)23;/h4-9,12,15,20H,3,10-11,13-14H2,1-2H3,(H,24,25);1H. The van der Waals surface area contributed by atoms with Crippen molar-refractivity contribution in [3.8, 4) is 5.75 Å². The van der Waals surface area contributed by atoms with Crippen molar-refractivity contribution >= 4 is 29.9 Å². The fraction of sp³-hybridized carbons (Fsp3) is 0.381. The molecule has 174 valence electrons. The van der Waals surface area contributed by atoms with Crippen molar-refractivity contribution in [2.24, 2.45) is 4.99 Å². The van der Waals surface area contributed by atoms with Crippen LogP contribution < -0.4 is 10.1 Å². The van der Waals surface area contributed by atoms with E-state index in [-0.39, 0.29) is 29.7 Å². The predicted molar refractivity (Wildman–Crippen MR) is 127 cm³/mol. The number of furan rings is 1. The normalized spacial score (nSPS) is 11.3. The van der Waals surface area contributed by atoms with Crippen LogP contribution in [0.4, 0.5) is 8.78 Å². The number of hydrogen-bond acceptors (Lipinski definition) is 5. The molecule has 32 heavy (non-hydrogen) atoms. The lowest BCUT2D eigenvalue weighted by molar-refractivity contribution is -0.0498. The number of aryl methyl sites for hydroxylation is 1. The first-order valence-electron chi connectivity index (χ1n) is 9.97. The number of guanidine groups is 1. The average molecular weight is 560 g/mol. The van der Waals surface area contributed by atoms with Gasteiger partial charge in [0.25, 0.3) is 0 Å². The minimum absolute atomic E-state index is 0. The Hall–Kier alpha value is -2.70. The maximum atomic E-state index is 12.3. The summed E-state index contributed by atoms with van der Waals surface area (Å²) >= 11 is 0. The zero-order valence-electron chi connectivity index (χ0n) is 17.9. The zero-order chi connectivity index (χ0) is 22.1. The van der Waals surface area contributed by atoms with Crippen LogP contribution in [0, 0.1) is 0 Å². The number of aromatic nitrogens is 3. The molecule has 0 aliphatic heterocycles. The molecular weight excluding hydrogens is 533 g/mol. The van der Waals surface area contributed by atoms with Crippen molar-refractivity contribution in [1.82, 2.24) is 25.0 Å². The molecule has 0 fully saturated rings. The molecule has 11 heteroatoms. The summed E-state index contributed by atoms with van der Waals surface area (Å²) in [7, 11) is 1.91. The molecule has 2 aromatic heterocycles. The van der Waals surface area contributed by atoms with Crippen molar-refractivity contribution < 1.29 is 17.9 Å². The molecule has 0 spiro atoms. The highest BCUT2D eigenvalue weighted by molar-refractivity contribution is 14.0. The summed E-state index contributed by atoms with van der Waals surface area (Å²) < 4.78 is 36.4. The molecule has 0 saturated heterocycles. The Morgan fingerprint density at radius 3 is 2.72 bits per heavy atom. The van der Waals surface area contributed by atoms with Gasteiger partial charge in [0.1, 0.15) is 30.2 Å². The number of halogens is 3. The molecule has 1 aromatic carbocycles. The lowest BCUT2D eigenvalue weighted by atomic mass is 10.2. The number of nitrogens with zero attached hydrogens (tertiary/aromatic N) is 5. The Labute approximate surface area is 202 Å². The second kappa shape index (κ2) is 13.0. The smallest absolute Gasteiger partial charge is 0.387 e. The van der Waals surface area contributed by atoms with Crippen LogP contribution in [-0.4, -0.2) is 45.8 Å². The third-order valence-electron chi connectivity index (χ3n) is 4.54. The first-order chi connectivity index (χ1) is 15.0. The zero-order valence-corrected chi connectivity index (χ0v) is 20.3. The minimum atomic E-state index is -2.84. The van der Waals surface area contributed by atoms with Gasteiger partial charge in [0.05, 0.1) is 6.26 Å². The highest BCUT2D eigenvalue weighted by atomic mass is 127. The van der Waals surface area contributed by atoms with E-state index in [1.807, 2.05) is 35.6 Å². The SMILES string of the molecule is CCc1nncn1CCNC(=NCc1ccco1)N(C)Cc1ccc(OC(F)F)cc1.I. The second-order valence-corrected chi connectivity index (χ2v) is 6.82. The van der Waals surface area contributed by atoms with Crippen molar-refractivity contribution in [2.45, 2.75) is 39.6 Å². The third-order valence-corrected chi connectivity index (χ3v) is 4.54. The summed E-state index contributed by atoms with van der Waals surface area (Å²) in [5, 5.41) is 11.4. The first-order valence-corrected chi connectivity index (χ1v) is 9.97. The van der Waals surface area contributed by atoms with Gasteiger partial charge in [-0.25, -0.2) is 4.99 Å². The van der Waals surface area contributed by atoms with Crippen LogP contribution in [0.1, 0.15) is 24.1 Å². The van der Waals surface area contributed by atoms with E-state index in [0.717, 1.165) is 23.6 Å². The van der Waals surface area contributed by atoms with E-state index < -0.39 is 6.61 Å². The molecule has 0 bridgehead atoms. The van der Waals surface area contributed by atoms with E-state index in [1.54, 1.807) is 24.7 Å². The molecule has 0 atom stereocenters. The summed E-state index contributed by atoms with van der Waals surface area (Å²) in [4.78, 5) is 6.61. The van der Waals surface area contributed by atoms with Gasteiger partial charge in [-0.2, -0.15) is 8.78 Å². The van der Waals surface area contributed by atoms with E-state index in [9.17, 15) is 8.78 Å². The molecule has 0 aliphatic carbocycles. The van der Waals surface area contributed by atoms with Crippen LogP contribution in [-0.2, 0) is 26.1 Å². The molecule has 2 heterocycles. The van der Waals surface area contributed by atoms with Crippen LogP contribution in [0.3, 0.4) is 0 Å². The van der Waals surface area contributed by atoms with Gasteiger partial charge in [0.2, 0.25) is 0 Å². The quantitative estimate of drug-likeness (QED) is 0.230. The maximum absolute atomic E-state index is 12.3. The fourth-order valence-corrected chi connectivity index (χ4v) is 3.02. The number of rotatable bonds is 10. The first kappa shape index (κ1) is 25.6. The van der Waals surface area contributed by atoms with Gasteiger partial charge in [-0.15, -0.1) is 34.2 Å². The topological polar surface area (TPSA) is 80.7 Å². The number of nitrogens with one attached hydrogen (secondary N) is 1. The van der Waals surface area contributed by atoms with E-state index in [4.69, 9.17) is 4.42 Å². The number of hydrogen-bond donors (Lipinski definition) is 1. The summed E-state index contributed by atoms with van der Waals surface area (Å²) in [6, 6.07) is 10.3. The maximum Gasteiger partial charge on any atom is 0.387 e. The van der Waals surface area contributed by atoms with Crippen LogP contribution in [0.2, 0.25) is 0 Å². The lowest BCUT2D eigenvalue weighted by Crippen LogP contribution is -2.40. The molecule has 1 N–H and O–H groups in total. The third kappa shape index (κ3) is 7.77. The number of aliphatic imine (C=N–C) groups is 1. The van der Waals surface area contributed by atoms with Gasteiger partial charge < -0.3 is 23.9 Å². The molecular formula is C21H27F2IN6O2. The van der Waals surface area contributed by atoms with Gasteiger partial charge in [-0.1, -0.05) is 19.1 Å². The van der Waals surface area contributed by atoms with Gasteiger partial charge >= 0.3 is 6.61 Å². The van der Waals surface area contributed by atoms with E-state index in [1.165, 1.54) is 12.1 Å². The Morgan fingerprint density at radius 1 is 1.28 bits per heavy atom. The predicted octanol–water partition coefficient (Wildman–Crippen LogP) is 3.93. The van der Waals surface area contributed by atoms with Crippen LogP contribution in [0.25, 0.3) is 0 Å². The van der Waals surface area contributed by atoms with Crippen molar-refractivity contribution in [2.75, 3.05) is 13.6 Å². The summed E-state index contributed by atoms with van der Waals surface area (Å²) in [6.07, 6.45) is 4.14. The highest BCUT2D eigenvalue weighted by Gasteiger charge is 2.10. The molecule has 3 aromatic rings. The van der Waals surface area contributed by atoms with Crippen molar-refractivity contribution in [3.63, 3.8) is 0 Å². The van der Waals surface area contributed by atoms with Gasteiger partial charge in [0.15, 0.2) is 5.96 Å². The summed E-state index contributed by atoms with van der Waals surface area (Å²) in [6.45, 7) is 1.46. The van der Waals surface area contributed by atoms with E-state index in [0.29, 0.717) is 32.1 Å². The molecule has 0 aliphatic rings. The summed E-state index contributed by atoms with van der Waals surface area (Å²) in [5.41, 5.74) is 0.934. The monoisotopic (exact) mass is 560 g/mol. The van der Waals surface area contributed by atoms with Crippen molar-refractivity contribution in [3.05, 3.63) is 66.1 Å². The van der Waals surface area contributed by atoms with Gasteiger partial charge in [-0.05, 0) is 29.8 Å². The molecule has 0 amide bonds. The molecule has 8 nitrogen and oxygen atoms in total. The average Bonchev–Trinajstić information content (AvgIpc) is 3.43. The van der Waals surface area contributed by atoms with Crippen molar-refractivity contribution in [1.29, 1.82) is 0 Å². The Kier molecular flexibility index (Phi) is 10.4. The molecule has 0 radical (unpaired) electrons. The van der Waals surface area contributed by atoms with Gasteiger partial charge in [-0.3, -0.25) is 0 Å². The Balaban J connectivity index is 0.00000363. The fourth-order valence-electron chi connectivity index (χ4n) is 3.02. The van der Waals surface area contributed by atoms with Crippen LogP contribution in [0.15, 0.2) is 58.4 Å². The highest BCUT2D eigenvalue weighted by Crippen LogP contribution is 2.16. The van der Waals surface area contributed by atoms with Gasteiger partial charge in [0, 0.05) is 33.1 Å². The molecule has 3 rings (SSSR count). The van der Waals surface area contributed by atoms with Crippen LogP contribution in [0.5, 0.6) is 5.75 Å². The second-order valence-electron chi connectivity index (χ2n) is 6.82. The lowest BCUT2D eigenvalue weighted by Gasteiger charge is -2.23. The number of benzene rings is 1. The number of alkyl halides is 2. The van der Waals surface area contributed by atoms with E-state index >= 15 is 0 Å². The van der Waals surface area contributed by atoms with E-state index in [2.05, 4.69) is 25.2 Å². The molecule has 0 unspecified atom stereocenters. The van der Waals surface area contributed by atoms with Crippen LogP contribution >= 0.6 is 24.0 Å². The Morgan fingerprint density at radius 2 is 2.06 bits per heavy atom. The largest absolute Gasteiger partial charge is 0.467 e. The molecule has 0 saturated carbocycles. The minimum Gasteiger partial charge on any atom is -0.467 e. The number of ether oxygens (including phenoxy) is 1. The Bertz CT molecular complexity index is 948.